The van der Waals surface area contributed by atoms with E-state index >= 15 is 0 Å². The van der Waals surface area contributed by atoms with Gasteiger partial charge in [0.15, 0.2) is 5.56 Å². The van der Waals surface area contributed by atoms with Gasteiger partial charge >= 0.3 is 5.63 Å². The van der Waals surface area contributed by atoms with E-state index in [2.05, 4.69) is 0 Å². The topological polar surface area (TPSA) is 137 Å². The third-order valence-electron chi connectivity index (χ3n) is 2.57. The maximum atomic E-state index is 11.5. The van der Waals surface area contributed by atoms with Crippen molar-refractivity contribution in [3.8, 4) is 5.75 Å². The summed E-state index contributed by atoms with van der Waals surface area (Å²) in [6.45, 7) is 0. The van der Waals surface area contributed by atoms with Gasteiger partial charge in [0, 0.05) is 0 Å². The normalized spacial score (nSPS) is 10.5. The van der Waals surface area contributed by atoms with Gasteiger partial charge in [0.05, 0.1) is 11.8 Å². The highest BCUT2D eigenvalue weighted by Crippen LogP contribution is 2.26. The highest BCUT2D eigenvalue weighted by Gasteiger charge is 2.18. The van der Waals surface area contributed by atoms with Crippen LogP contribution in [-0.2, 0) is 11.2 Å². The average Bonchev–Trinajstić information content (AvgIpc) is 2.26. The van der Waals surface area contributed by atoms with Crippen molar-refractivity contribution in [3.05, 3.63) is 39.7 Å². The number of amides is 2. The number of fused-ring (bicyclic) bond motifs is 1. The Morgan fingerprint density at radius 1 is 1.26 bits per heavy atom. The molecule has 0 spiro atoms. The van der Waals surface area contributed by atoms with Gasteiger partial charge in [0.25, 0.3) is 5.91 Å². The van der Waals surface area contributed by atoms with Crippen molar-refractivity contribution in [2.45, 2.75) is 6.42 Å². The fourth-order valence-electron chi connectivity index (χ4n) is 1.76. The number of rotatable bonds is 3. The first-order chi connectivity index (χ1) is 8.90. The van der Waals surface area contributed by atoms with Crippen LogP contribution in [0.15, 0.2) is 27.4 Å². The third kappa shape index (κ3) is 2.25. The molecule has 0 bridgehead atoms. The summed E-state index contributed by atoms with van der Waals surface area (Å²) in [4.78, 5) is 33.4. The molecule has 0 aliphatic carbocycles. The maximum Gasteiger partial charge on any atom is 0.353 e. The summed E-state index contributed by atoms with van der Waals surface area (Å²) < 4.78 is 4.89. The lowest BCUT2D eigenvalue weighted by molar-refractivity contribution is -0.117. The highest BCUT2D eigenvalue weighted by molar-refractivity contribution is 6.00. The second-order valence-electron chi connectivity index (χ2n) is 3.95. The maximum absolute atomic E-state index is 11.5. The van der Waals surface area contributed by atoms with Crippen molar-refractivity contribution in [2.75, 3.05) is 0 Å². The Balaban J connectivity index is 2.70. The minimum atomic E-state index is -1.07. The van der Waals surface area contributed by atoms with Gasteiger partial charge < -0.3 is 21.0 Å². The van der Waals surface area contributed by atoms with E-state index in [0.29, 0.717) is 5.56 Å². The summed E-state index contributed by atoms with van der Waals surface area (Å²) in [5, 5.41) is 9.98. The summed E-state index contributed by atoms with van der Waals surface area (Å²) >= 11 is 0. The quantitative estimate of drug-likeness (QED) is 0.648. The Morgan fingerprint density at radius 2 is 1.95 bits per heavy atom. The largest absolute Gasteiger partial charge is 0.506 e. The smallest absolute Gasteiger partial charge is 0.353 e. The van der Waals surface area contributed by atoms with Crippen molar-refractivity contribution in [1.82, 2.24) is 0 Å². The first-order valence-electron chi connectivity index (χ1n) is 5.27. The second-order valence-corrected chi connectivity index (χ2v) is 3.95. The molecule has 7 heteroatoms. The summed E-state index contributed by atoms with van der Waals surface area (Å²) in [7, 11) is 0. The summed E-state index contributed by atoms with van der Waals surface area (Å²) in [6.07, 6.45) is -0.0298. The van der Waals surface area contributed by atoms with Crippen LogP contribution in [0.3, 0.4) is 0 Å². The van der Waals surface area contributed by atoms with E-state index in [4.69, 9.17) is 15.9 Å². The Bertz CT molecular complexity index is 748. The van der Waals surface area contributed by atoms with E-state index < -0.39 is 28.8 Å². The number of carbonyl (C=O) groups is 2. The molecule has 1 aromatic carbocycles. The molecular formula is C12H10N2O5. The van der Waals surface area contributed by atoms with Crippen LogP contribution in [0.25, 0.3) is 11.0 Å². The van der Waals surface area contributed by atoms with Crippen LogP contribution >= 0.6 is 0 Å². The Labute approximate surface area is 106 Å². The van der Waals surface area contributed by atoms with Crippen molar-refractivity contribution in [1.29, 1.82) is 0 Å². The Hall–Kier alpha value is -2.83. The van der Waals surface area contributed by atoms with E-state index in [-0.39, 0.29) is 17.4 Å². The van der Waals surface area contributed by atoms with E-state index in [1.54, 1.807) is 0 Å². The molecule has 0 saturated carbocycles. The Morgan fingerprint density at radius 3 is 2.53 bits per heavy atom. The van der Waals surface area contributed by atoms with Crippen molar-refractivity contribution < 1.29 is 19.1 Å². The molecule has 0 unspecified atom stereocenters. The van der Waals surface area contributed by atoms with Crippen LogP contribution in [0.4, 0.5) is 0 Å². The molecule has 0 fully saturated rings. The predicted octanol–water partition coefficient (Wildman–Crippen LogP) is -0.375. The highest BCUT2D eigenvalue weighted by atomic mass is 16.4. The zero-order valence-corrected chi connectivity index (χ0v) is 9.67. The van der Waals surface area contributed by atoms with Crippen molar-refractivity contribution in [3.63, 3.8) is 0 Å². The number of primary amides is 2. The molecule has 0 aliphatic rings. The van der Waals surface area contributed by atoms with Crippen LogP contribution in [0, 0.1) is 0 Å². The Kier molecular flexibility index (Phi) is 2.95. The average molecular weight is 262 g/mol. The van der Waals surface area contributed by atoms with Crippen LogP contribution in [0.5, 0.6) is 5.75 Å². The molecule has 19 heavy (non-hydrogen) atoms. The van der Waals surface area contributed by atoms with E-state index in [9.17, 15) is 19.5 Å². The van der Waals surface area contributed by atoms with E-state index in [1.165, 1.54) is 18.2 Å². The van der Waals surface area contributed by atoms with E-state index in [0.717, 1.165) is 0 Å². The standard InChI is InChI=1S/C12H10N2O5/c13-8(15)4-5-1-2-6-7(3-5)19-12(18)9(10(6)16)11(14)17/h1-3,16H,4H2,(H2,13,15)(H2,14,17). The minimum absolute atomic E-state index is 0.0298. The fourth-order valence-corrected chi connectivity index (χ4v) is 1.76. The van der Waals surface area contributed by atoms with Gasteiger partial charge in [-0.2, -0.15) is 0 Å². The number of hydrogen-bond donors (Lipinski definition) is 3. The van der Waals surface area contributed by atoms with Gasteiger partial charge in [-0.15, -0.1) is 0 Å². The number of nitrogens with two attached hydrogens (primary N) is 2. The van der Waals surface area contributed by atoms with Gasteiger partial charge in [-0.3, -0.25) is 9.59 Å². The van der Waals surface area contributed by atoms with E-state index in [1.807, 2.05) is 0 Å². The summed E-state index contributed by atoms with van der Waals surface area (Å²) in [5.41, 5.74) is 8.97. The molecule has 0 radical (unpaired) electrons. The zero-order valence-electron chi connectivity index (χ0n) is 9.67. The van der Waals surface area contributed by atoms with Crippen LogP contribution in [0.2, 0.25) is 0 Å². The molecule has 0 saturated heterocycles. The minimum Gasteiger partial charge on any atom is -0.506 e. The van der Waals surface area contributed by atoms with Crippen molar-refractivity contribution in [2.24, 2.45) is 11.5 Å². The van der Waals surface area contributed by atoms with Crippen LogP contribution in [-0.4, -0.2) is 16.9 Å². The first kappa shape index (κ1) is 12.6. The van der Waals surface area contributed by atoms with Gasteiger partial charge in [0.1, 0.15) is 11.3 Å². The first-order valence-corrected chi connectivity index (χ1v) is 5.27. The van der Waals surface area contributed by atoms with Gasteiger partial charge in [-0.25, -0.2) is 4.79 Å². The monoisotopic (exact) mass is 262 g/mol. The number of aromatic hydroxyl groups is 1. The summed E-state index contributed by atoms with van der Waals surface area (Å²) in [5.74, 6) is -2.15. The van der Waals surface area contributed by atoms with Gasteiger partial charge in [-0.1, -0.05) is 6.07 Å². The third-order valence-corrected chi connectivity index (χ3v) is 2.57. The van der Waals surface area contributed by atoms with Gasteiger partial charge in [-0.05, 0) is 17.7 Å². The molecule has 1 heterocycles. The lowest BCUT2D eigenvalue weighted by atomic mass is 10.1. The predicted molar refractivity (Wildman–Crippen MR) is 65.6 cm³/mol. The second kappa shape index (κ2) is 4.45. The molecule has 0 aliphatic heterocycles. The van der Waals surface area contributed by atoms with Crippen LogP contribution < -0.4 is 17.1 Å². The molecule has 0 atom stereocenters. The number of carbonyl (C=O) groups excluding carboxylic acids is 2. The molecule has 1 aromatic heterocycles. The molecule has 98 valence electrons. The fraction of sp³-hybridized carbons (Fsp3) is 0.0833. The molecule has 2 aromatic rings. The molecule has 2 amide bonds. The lowest BCUT2D eigenvalue weighted by Crippen LogP contribution is -2.21. The SMILES string of the molecule is NC(=O)Cc1ccc2c(O)c(C(N)=O)c(=O)oc2c1. The van der Waals surface area contributed by atoms with Crippen molar-refractivity contribution >= 4 is 22.8 Å². The van der Waals surface area contributed by atoms with Crippen LogP contribution in [0.1, 0.15) is 15.9 Å². The lowest BCUT2D eigenvalue weighted by Gasteiger charge is -2.05. The van der Waals surface area contributed by atoms with Gasteiger partial charge in [0.2, 0.25) is 5.91 Å². The molecule has 2 rings (SSSR count). The summed E-state index contributed by atoms with van der Waals surface area (Å²) in [6, 6.07) is 4.34. The molecule has 5 N–H and O–H groups in total. The zero-order chi connectivity index (χ0) is 14.2. The number of benzene rings is 1. The number of hydrogen-bond acceptors (Lipinski definition) is 5. The molecule has 7 nitrogen and oxygen atoms in total. The molecular weight excluding hydrogens is 252 g/mol.